The molecule has 0 saturated heterocycles. The molecule has 0 aliphatic heterocycles. The molecule has 5 nitrogen and oxygen atoms in total. The zero-order valence-electron chi connectivity index (χ0n) is 11.4. The van der Waals surface area contributed by atoms with Crippen LogP contribution in [-0.4, -0.2) is 17.1 Å². The number of carboxylic acids is 1. The molecule has 0 saturated carbocycles. The number of nitrogens with one attached hydrogen (secondary N) is 2. The van der Waals surface area contributed by atoms with Crippen LogP contribution in [0.1, 0.15) is 15.9 Å². The maximum Gasteiger partial charge on any atom is 0.335 e. The average molecular weight is 300 g/mol. The van der Waals surface area contributed by atoms with E-state index in [1.54, 1.807) is 18.2 Å². The zero-order valence-corrected chi connectivity index (χ0v) is 11.4. The molecule has 0 aliphatic carbocycles. The molecule has 6 heteroatoms. The fraction of sp³-hybridized carbons (Fsp3) is 0. The second-order valence-electron chi connectivity index (χ2n) is 4.34. The van der Waals surface area contributed by atoms with Gasteiger partial charge in [-0.2, -0.15) is 0 Å². The average Bonchev–Trinajstić information content (AvgIpc) is 2.50. The van der Waals surface area contributed by atoms with Gasteiger partial charge in [0.2, 0.25) is 0 Å². The van der Waals surface area contributed by atoms with E-state index in [0.717, 1.165) is 0 Å². The first-order valence-electron chi connectivity index (χ1n) is 6.38. The summed E-state index contributed by atoms with van der Waals surface area (Å²) in [7, 11) is 0. The fourth-order valence-electron chi connectivity index (χ4n) is 1.68. The lowest BCUT2D eigenvalue weighted by Crippen LogP contribution is -2.23. The molecule has 0 heterocycles. The van der Waals surface area contributed by atoms with Gasteiger partial charge in [0.05, 0.1) is 5.56 Å². The second kappa shape index (κ2) is 7.03. The molecule has 2 aromatic rings. The molecule has 0 spiro atoms. The van der Waals surface area contributed by atoms with Gasteiger partial charge in [-0.3, -0.25) is 0 Å². The highest BCUT2D eigenvalue weighted by molar-refractivity contribution is 5.92. The number of anilines is 1. The van der Waals surface area contributed by atoms with E-state index < -0.39 is 12.0 Å². The van der Waals surface area contributed by atoms with Crippen LogP contribution in [0.15, 0.2) is 54.7 Å². The van der Waals surface area contributed by atoms with Crippen molar-refractivity contribution in [2.45, 2.75) is 0 Å². The van der Waals surface area contributed by atoms with Gasteiger partial charge in [0.15, 0.2) is 0 Å². The molecular weight excluding hydrogens is 287 g/mol. The summed E-state index contributed by atoms with van der Waals surface area (Å²) in [6, 6.07) is 11.4. The summed E-state index contributed by atoms with van der Waals surface area (Å²) in [5.74, 6) is -1.42. The lowest BCUT2D eigenvalue weighted by atomic mass is 10.2. The highest BCUT2D eigenvalue weighted by Crippen LogP contribution is 2.10. The van der Waals surface area contributed by atoms with Crippen LogP contribution in [-0.2, 0) is 0 Å². The largest absolute Gasteiger partial charge is 0.478 e. The van der Waals surface area contributed by atoms with Crippen molar-refractivity contribution in [3.8, 4) is 0 Å². The summed E-state index contributed by atoms with van der Waals surface area (Å²) in [6.07, 6.45) is 2.75. The molecule has 0 radical (unpaired) electrons. The molecule has 0 atom stereocenters. The van der Waals surface area contributed by atoms with Crippen LogP contribution in [0.5, 0.6) is 0 Å². The Kier molecular flexibility index (Phi) is 4.87. The molecule has 2 amide bonds. The lowest BCUT2D eigenvalue weighted by Gasteiger charge is -2.05. The number of rotatable bonds is 4. The van der Waals surface area contributed by atoms with Crippen molar-refractivity contribution < 1.29 is 19.1 Å². The van der Waals surface area contributed by atoms with E-state index in [-0.39, 0.29) is 11.4 Å². The van der Waals surface area contributed by atoms with E-state index in [4.69, 9.17) is 5.11 Å². The van der Waals surface area contributed by atoms with Crippen LogP contribution in [0.3, 0.4) is 0 Å². The number of hydrogen-bond acceptors (Lipinski definition) is 2. The van der Waals surface area contributed by atoms with Crippen LogP contribution in [0.25, 0.3) is 6.08 Å². The van der Waals surface area contributed by atoms with Gasteiger partial charge in [-0.05, 0) is 36.4 Å². The summed E-state index contributed by atoms with van der Waals surface area (Å²) in [4.78, 5) is 22.3. The monoisotopic (exact) mass is 300 g/mol. The van der Waals surface area contributed by atoms with Gasteiger partial charge < -0.3 is 15.7 Å². The van der Waals surface area contributed by atoms with Crippen LogP contribution >= 0.6 is 0 Å². The van der Waals surface area contributed by atoms with Crippen molar-refractivity contribution in [1.29, 1.82) is 0 Å². The molecule has 22 heavy (non-hydrogen) atoms. The van der Waals surface area contributed by atoms with E-state index in [9.17, 15) is 14.0 Å². The van der Waals surface area contributed by atoms with Gasteiger partial charge in [-0.25, -0.2) is 14.0 Å². The summed E-state index contributed by atoms with van der Waals surface area (Å²) >= 11 is 0. The van der Waals surface area contributed by atoms with E-state index in [1.807, 2.05) is 0 Å². The molecule has 0 unspecified atom stereocenters. The number of aromatic carboxylic acids is 1. The molecule has 2 aromatic carbocycles. The highest BCUT2D eigenvalue weighted by Gasteiger charge is 2.03. The quantitative estimate of drug-likeness (QED) is 0.810. The summed E-state index contributed by atoms with van der Waals surface area (Å²) in [5.41, 5.74) is 0.931. The predicted octanol–water partition coefficient (Wildman–Crippen LogP) is 3.32. The Balaban J connectivity index is 1.90. The first-order valence-corrected chi connectivity index (χ1v) is 6.38. The van der Waals surface area contributed by atoms with Crippen LogP contribution in [0, 0.1) is 5.82 Å². The Labute approximate surface area is 126 Å². The predicted molar refractivity (Wildman–Crippen MR) is 81.0 cm³/mol. The maximum atomic E-state index is 13.3. The minimum absolute atomic E-state index is 0.130. The van der Waals surface area contributed by atoms with E-state index in [1.165, 1.54) is 42.6 Å². The van der Waals surface area contributed by atoms with Gasteiger partial charge in [0.1, 0.15) is 5.82 Å². The smallest absolute Gasteiger partial charge is 0.335 e. The number of amides is 2. The molecule has 0 aliphatic rings. The van der Waals surface area contributed by atoms with Crippen molar-refractivity contribution in [3.63, 3.8) is 0 Å². The number of hydrogen-bond donors (Lipinski definition) is 3. The molecule has 112 valence electrons. The minimum Gasteiger partial charge on any atom is -0.478 e. The number of halogens is 1. The number of benzene rings is 2. The Hall–Kier alpha value is -3.15. The highest BCUT2D eigenvalue weighted by atomic mass is 19.1. The molecule has 3 N–H and O–H groups in total. The second-order valence-corrected chi connectivity index (χ2v) is 4.34. The van der Waals surface area contributed by atoms with Gasteiger partial charge in [0, 0.05) is 17.5 Å². The van der Waals surface area contributed by atoms with Gasteiger partial charge in [0.25, 0.3) is 0 Å². The molecule has 0 bridgehead atoms. The van der Waals surface area contributed by atoms with Gasteiger partial charge in [-0.1, -0.05) is 18.2 Å². The number of carbonyl (C=O) groups excluding carboxylic acids is 1. The SMILES string of the molecule is O=C(N/C=C/c1ccccc1F)Nc1ccc(C(=O)O)cc1. The topological polar surface area (TPSA) is 78.4 Å². The Morgan fingerprint density at radius 1 is 1.05 bits per heavy atom. The minimum atomic E-state index is -1.04. The van der Waals surface area contributed by atoms with Crippen molar-refractivity contribution in [2.24, 2.45) is 0 Å². The first-order chi connectivity index (χ1) is 10.6. The standard InChI is InChI=1S/C16H13FN2O3/c17-14-4-2-1-3-11(14)9-10-18-16(22)19-13-7-5-12(6-8-13)15(20)21/h1-10H,(H,20,21)(H2,18,19,22)/b10-9+. The van der Waals surface area contributed by atoms with Crippen LogP contribution in [0.4, 0.5) is 14.9 Å². The van der Waals surface area contributed by atoms with Crippen LogP contribution < -0.4 is 10.6 Å². The van der Waals surface area contributed by atoms with Crippen LogP contribution in [0.2, 0.25) is 0 Å². The Morgan fingerprint density at radius 3 is 2.36 bits per heavy atom. The van der Waals surface area contributed by atoms with Crippen molar-refractivity contribution >= 4 is 23.8 Å². The third kappa shape index (κ3) is 4.17. The zero-order chi connectivity index (χ0) is 15.9. The molecule has 0 fully saturated rings. The summed E-state index contributed by atoms with van der Waals surface area (Å²) < 4.78 is 13.3. The fourth-order valence-corrected chi connectivity index (χ4v) is 1.68. The summed E-state index contributed by atoms with van der Waals surface area (Å²) in [5, 5.41) is 13.7. The van der Waals surface area contributed by atoms with Crippen molar-refractivity contribution in [3.05, 3.63) is 71.7 Å². The first kappa shape index (κ1) is 15.2. The van der Waals surface area contributed by atoms with E-state index in [2.05, 4.69) is 10.6 Å². The molecule has 0 aromatic heterocycles. The lowest BCUT2D eigenvalue weighted by molar-refractivity contribution is 0.0697. The van der Waals surface area contributed by atoms with Gasteiger partial charge >= 0.3 is 12.0 Å². The van der Waals surface area contributed by atoms with E-state index in [0.29, 0.717) is 11.3 Å². The third-order valence-electron chi connectivity index (χ3n) is 2.77. The molecular formula is C16H13FN2O3. The van der Waals surface area contributed by atoms with E-state index >= 15 is 0 Å². The Bertz CT molecular complexity index is 712. The normalized spacial score (nSPS) is 10.4. The number of urea groups is 1. The van der Waals surface area contributed by atoms with Crippen molar-refractivity contribution in [1.82, 2.24) is 5.32 Å². The molecule has 2 rings (SSSR count). The third-order valence-corrected chi connectivity index (χ3v) is 2.77. The summed E-state index contributed by atoms with van der Waals surface area (Å²) in [6.45, 7) is 0. The van der Waals surface area contributed by atoms with Crippen molar-refractivity contribution in [2.75, 3.05) is 5.32 Å². The number of carboxylic acid groups (broad SMARTS) is 1. The maximum absolute atomic E-state index is 13.3. The Morgan fingerprint density at radius 2 is 1.73 bits per heavy atom. The number of carbonyl (C=O) groups is 2. The van der Waals surface area contributed by atoms with Gasteiger partial charge in [-0.15, -0.1) is 0 Å².